The Morgan fingerprint density at radius 1 is 1.10 bits per heavy atom. The minimum absolute atomic E-state index is 0.185. The molecule has 0 radical (unpaired) electrons. The van der Waals surface area contributed by atoms with Crippen molar-refractivity contribution in [3.63, 3.8) is 0 Å². The van der Waals surface area contributed by atoms with Gasteiger partial charge < -0.3 is 19.7 Å². The zero-order valence-electron chi connectivity index (χ0n) is 17.3. The lowest BCUT2D eigenvalue weighted by atomic mass is 10.2. The number of carbonyl (C=O) groups excluding carboxylic acids is 1. The van der Waals surface area contributed by atoms with Gasteiger partial charge in [-0.2, -0.15) is 0 Å². The molecule has 0 bridgehead atoms. The van der Waals surface area contributed by atoms with E-state index in [1.165, 1.54) is 5.56 Å². The Labute approximate surface area is 181 Å². The Balaban J connectivity index is 1.46. The first-order valence-electron chi connectivity index (χ1n) is 10.0. The van der Waals surface area contributed by atoms with E-state index in [4.69, 9.17) is 9.47 Å². The van der Waals surface area contributed by atoms with E-state index in [9.17, 15) is 4.79 Å². The van der Waals surface area contributed by atoms with Gasteiger partial charge in [0.15, 0.2) is 0 Å². The summed E-state index contributed by atoms with van der Waals surface area (Å²) >= 11 is 3.42. The summed E-state index contributed by atoms with van der Waals surface area (Å²) < 4.78 is 12.4. The molecule has 6 heteroatoms. The number of nitrogens with one attached hydrogen (secondary N) is 1. The maximum absolute atomic E-state index is 12.4. The fourth-order valence-corrected chi connectivity index (χ4v) is 3.57. The number of hydrogen-bond acceptors (Lipinski definition) is 4. The highest BCUT2D eigenvalue weighted by atomic mass is 79.9. The highest BCUT2D eigenvalue weighted by Gasteiger charge is 2.31. The monoisotopic (exact) mass is 460 g/mol. The average molecular weight is 461 g/mol. The zero-order chi connectivity index (χ0) is 20.9. The van der Waals surface area contributed by atoms with Crippen LogP contribution in [0.1, 0.15) is 39.2 Å². The van der Waals surface area contributed by atoms with Crippen molar-refractivity contribution >= 4 is 22.0 Å². The SMILES string of the molecule is CC(C)(C)OC(=O)N1CCCC1CNCc1ccc(Oc2ccc(Br)cc2)cc1. The molecule has 0 saturated carbocycles. The third-order valence-corrected chi connectivity index (χ3v) is 5.22. The van der Waals surface area contributed by atoms with Crippen LogP contribution in [0, 0.1) is 0 Å². The molecule has 1 atom stereocenters. The smallest absolute Gasteiger partial charge is 0.410 e. The zero-order valence-corrected chi connectivity index (χ0v) is 18.9. The van der Waals surface area contributed by atoms with Gasteiger partial charge in [-0.1, -0.05) is 28.1 Å². The number of nitrogens with zero attached hydrogens (tertiary/aromatic N) is 1. The number of ether oxygens (including phenoxy) is 2. The van der Waals surface area contributed by atoms with Gasteiger partial charge in [-0.15, -0.1) is 0 Å². The van der Waals surface area contributed by atoms with Gasteiger partial charge in [-0.3, -0.25) is 0 Å². The number of likely N-dealkylation sites (tertiary alicyclic amines) is 1. The number of hydrogen-bond donors (Lipinski definition) is 1. The lowest BCUT2D eigenvalue weighted by Gasteiger charge is -2.28. The van der Waals surface area contributed by atoms with Crippen LogP contribution in [0.5, 0.6) is 11.5 Å². The molecule has 156 valence electrons. The van der Waals surface area contributed by atoms with Crippen LogP contribution in [0.3, 0.4) is 0 Å². The molecule has 1 amide bonds. The van der Waals surface area contributed by atoms with Gasteiger partial charge in [-0.25, -0.2) is 4.79 Å². The van der Waals surface area contributed by atoms with Crippen LogP contribution < -0.4 is 10.1 Å². The van der Waals surface area contributed by atoms with Crippen molar-refractivity contribution in [1.29, 1.82) is 0 Å². The largest absolute Gasteiger partial charge is 0.457 e. The second-order valence-electron chi connectivity index (χ2n) is 8.30. The molecule has 1 aliphatic heterocycles. The fraction of sp³-hybridized carbons (Fsp3) is 0.435. The summed E-state index contributed by atoms with van der Waals surface area (Å²) in [6, 6.07) is 16.0. The molecular formula is C23H29BrN2O3. The predicted octanol–water partition coefficient (Wildman–Crippen LogP) is 5.73. The van der Waals surface area contributed by atoms with Gasteiger partial charge in [0.05, 0.1) is 0 Å². The van der Waals surface area contributed by atoms with Crippen LogP contribution in [0.4, 0.5) is 4.79 Å². The maximum atomic E-state index is 12.4. The average Bonchev–Trinajstić information content (AvgIpc) is 3.12. The summed E-state index contributed by atoms with van der Waals surface area (Å²) in [7, 11) is 0. The summed E-state index contributed by atoms with van der Waals surface area (Å²) in [4.78, 5) is 14.2. The first kappa shape index (κ1) is 21.7. The van der Waals surface area contributed by atoms with Crippen LogP contribution in [0.25, 0.3) is 0 Å². The van der Waals surface area contributed by atoms with Crippen LogP contribution >= 0.6 is 15.9 Å². The first-order chi connectivity index (χ1) is 13.8. The summed E-state index contributed by atoms with van der Waals surface area (Å²) in [5.74, 6) is 1.62. The second-order valence-corrected chi connectivity index (χ2v) is 9.22. The lowest BCUT2D eigenvalue weighted by molar-refractivity contribution is 0.0226. The van der Waals surface area contributed by atoms with Crippen LogP contribution in [0.2, 0.25) is 0 Å². The summed E-state index contributed by atoms with van der Waals surface area (Å²) in [6.07, 6.45) is 1.82. The minimum atomic E-state index is -0.461. The molecule has 0 aromatic heterocycles. The van der Waals surface area contributed by atoms with E-state index in [0.717, 1.165) is 48.4 Å². The van der Waals surface area contributed by atoms with E-state index >= 15 is 0 Å². The molecule has 2 aromatic carbocycles. The maximum Gasteiger partial charge on any atom is 0.410 e. The second kappa shape index (κ2) is 9.63. The normalized spacial score (nSPS) is 16.7. The first-order valence-corrected chi connectivity index (χ1v) is 10.8. The molecule has 3 rings (SSSR count). The summed E-state index contributed by atoms with van der Waals surface area (Å²) in [5, 5.41) is 3.47. The minimum Gasteiger partial charge on any atom is -0.457 e. The van der Waals surface area contributed by atoms with Gasteiger partial charge >= 0.3 is 6.09 Å². The molecule has 2 aromatic rings. The van der Waals surface area contributed by atoms with E-state index in [1.807, 2.05) is 62.1 Å². The van der Waals surface area contributed by atoms with Crippen molar-refractivity contribution in [1.82, 2.24) is 10.2 Å². The molecule has 0 aliphatic carbocycles. The van der Waals surface area contributed by atoms with Crippen LogP contribution in [-0.2, 0) is 11.3 Å². The number of halogens is 1. The van der Waals surface area contributed by atoms with Gasteiger partial charge in [0.25, 0.3) is 0 Å². The quantitative estimate of drug-likeness (QED) is 0.597. The highest BCUT2D eigenvalue weighted by molar-refractivity contribution is 9.10. The van der Waals surface area contributed by atoms with Gasteiger partial charge in [0.2, 0.25) is 0 Å². The standard InChI is InChI=1S/C23H29BrN2O3/c1-23(2,3)29-22(27)26-14-4-5-19(26)16-25-15-17-6-10-20(11-7-17)28-21-12-8-18(24)9-13-21/h6-13,19,25H,4-5,14-16H2,1-3H3. The van der Waals surface area contributed by atoms with Crippen LogP contribution in [-0.4, -0.2) is 35.7 Å². The lowest BCUT2D eigenvalue weighted by Crippen LogP contribution is -2.44. The molecule has 1 N–H and O–H groups in total. The van der Waals surface area contributed by atoms with Crippen molar-refractivity contribution in [3.8, 4) is 11.5 Å². The third kappa shape index (κ3) is 6.75. The molecule has 1 heterocycles. The highest BCUT2D eigenvalue weighted by Crippen LogP contribution is 2.24. The van der Waals surface area contributed by atoms with E-state index in [2.05, 4.69) is 33.4 Å². The van der Waals surface area contributed by atoms with E-state index in [0.29, 0.717) is 0 Å². The van der Waals surface area contributed by atoms with E-state index in [1.54, 1.807) is 0 Å². The third-order valence-electron chi connectivity index (χ3n) is 4.69. The van der Waals surface area contributed by atoms with Gasteiger partial charge in [0, 0.05) is 30.1 Å². The van der Waals surface area contributed by atoms with E-state index < -0.39 is 5.60 Å². The van der Waals surface area contributed by atoms with Gasteiger partial charge in [0.1, 0.15) is 17.1 Å². The number of rotatable bonds is 6. The number of carbonyl (C=O) groups is 1. The van der Waals surface area contributed by atoms with Crippen molar-refractivity contribution in [2.75, 3.05) is 13.1 Å². The predicted molar refractivity (Wildman–Crippen MR) is 118 cm³/mol. The van der Waals surface area contributed by atoms with Crippen molar-refractivity contribution in [2.24, 2.45) is 0 Å². The topological polar surface area (TPSA) is 50.8 Å². The summed E-state index contributed by atoms with van der Waals surface area (Å²) in [6.45, 7) is 7.98. The van der Waals surface area contributed by atoms with E-state index in [-0.39, 0.29) is 12.1 Å². The van der Waals surface area contributed by atoms with Crippen molar-refractivity contribution in [3.05, 3.63) is 58.6 Å². The van der Waals surface area contributed by atoms with Gasteiger partial charge in [-0.05, 0) is 75.6 Å². The molecular weight excluding hydrogens is 432 g/mol. The Hall–Kier alpha value is -2.05. The molecule has 1 saturated heterocycles. The summed E-state index contributed by atoms with van der Waals surface area (Å²) in [5.41, 5.74) is 0.715. The Morgan fingerprint density at radius 3 is 2.34 bits per heavy atom. The molecule has 1 unspecified atom stereocenters. The van der Waals surface area contributed by atoms with Crippen molar-refractivity contribution < 1.29 is 14.3 Å². The molecule has 1 fully saturated rings. The molecule has 29 heavy (non-hydrogen) atoms. The van der Waals surface area contributed by atoms with Crippen LogP contribution in [0.15, 0.2) is 53.0 Å². The number of amides is 1. The van der Waals surface area contributed by atoms with Crippen molar-refractivity contribution in [2.45, 2.75) is 51.8 Å². The number of benzene rings is 2. The Kier molecular flexibility index (Phi) is 7.19. The molecule has 1 aliphatic rings. The molecule has 5 nitrogen and oxygen atoms in total. The Morgan fingerprint density at radius 2 is 1.72 bits per heavy atom. The molecule has 0 spiro atoms. The Bertz CT molecular complexity index is 800. The fourth-order valence-electron chi connectivity index (χ4n) is 3.31.